The van der Waals surface area contributed by atoms with Crippen molar-refractivity contribution < 1.29 is 4.79 Å². The number of carbonyl (C=O) groups excluding carboxylic acids is 1. The van der Waals surface area contributed by atoms with Gasteiger partial charge in [-0.2, -0.15) is 0 Å². The van der Waals surface area contributed by atoms with E-state index in [9.17, 15) is 4.79 Å². The molecule has 2 aromatic rings. The van der Waals surface area contributed by atoms with E-state index in [1.807, 2.05) is 12.1 Å². The number of pyridine rings is 1. The van der Waals surface area contributed by atoms with Crippen LogP contribution in [0.4, 0.5) is 5.69 Å². The zero-order chi connectivity index (χ0) is 20.4. The van der Waals surface area contributed by atoms with Gasteiger partial charge >= 0.3 is 0 Å². The van der Waals surface area contributed by atoms with Crippen LogP contribution < -0.4 is 10.2 Å². The van der Waals surface area contributed by atoms with Gasteiger partial charge in [-0.3, -0.25) is 9.78 Å². The third-order valence-corrected chi connectivity index (χ3v) is 6.34. The molecular weight excluding hydrogens is 358 g/mol. The third kappa shape index (κ3) is 4.69. The standard InChI is InChI=1S/C25H31N3O/c1-25(2,3)19-7-4-8-20(14-19)28-16-22-21(23(22)17-28)11-13-27-24(29)10-9-18-6-5-12-26-15-18/h4-10,12,14-15,21-23H,11,13,16-17H2,1-3H3,(H,27,29)/b10-9+/t21?,22-,23+. The lowest BCUT2D eigenvalue weighted by molar-refractivity contribution is -0.116. The smallest absolute Gasteiger partial charge is 0.244 e. The minimum Gasteiger partial charge on any atom is -0.371 e. The second kappa shape index (κ2) is 8.02. The SMILES string of the molecule is CC(C)(C)c1cccc(N2C[C@@H]3C(CCNC(=O)/C=C/c4cccnc4)[C@@H]3C2)c1. The molecule has 4 heteroatoms. The van der Waals surface area contributed by atoms with E-state index in [2.05, 4.69) is 60.2 Å². The summed E-state index contributed by atoms with van der Waals surface area (Å²) in [6.07, 6.45) is 7.95. The number of hydrogen-bond acceptors (Lipinski definition) is 3. The second-order valence-electron chi connectivity index (χ2n) is 9.40. The summed E-state index contributed by atoms with van der Waals surface area (Å²) in [4.78, 5) is 18.6. The van der Waals surface area contributed by atoms with E-state index in [4.69, 9.17) is 0 Å². The van der Waals surface area contributed by atoms with Crippen LogP contribution in [0.3, 0.4) is 0 Å². The highest BCUT2D eigenvalue weighted by Crippen LogP contribution is 2.54. The molecular formula is C25H31N3O. The number of nitrogens with one attached hydrogen (secondary N) is 1. The lowest BCUT2D eigenvalue weighted by atomic mass is 9.87. The summed E-state index contributed by atoms with van der Waals surface area (Å²) in [6, 6.07) is 12.8. The van der Waals surface area contributed by atoms with Gasteiger partial charge in [-0.15, -0.1) is 0 Å². The number of rotatable bonds is 6. The normalized spacial score (nSPS) is 23.3. The molecule has 0 spiro atoms. The first-order chi connectivity index (χ1) is 13.9. The average molecular weight is 390 g/mol. The molecule has 1 unspecified atom stereocenters. The molecule has 1 aliphatic carbocycles. The van der Waals surface area contributed by atoms with E-state index in [0.29, 0.717) is 0 Å². The fourth-order valence-electron chi connectivity index (χ4n) is 4.52. The van der Waals surface area contributed by atoms with Crippen LogP contribution in [-0.2, 0) is 10.2 Å². The fourth-order valence-corrected chi connectivity index (χ4v) is 4.52. The molecule has 1 saturated heterocycles. The first kappa shape index (κ1) is 19.7. The van der Waals surface area contributed by atoms with E-state index < -0.39 is 0 Å². The first-order valence-corrected chi connectivity index (χ1v) is 10.6. The maximum atomic E-state index is 12.0. The zero-order valence-electron chi connectivity index (χ0n) is 17.6. The Kier molecular flexibility index (Phi) is 5.44. The summed E-state index contributed by atoms with van der Waals surface area (Å²) in [6.45, 7) is 9.86. The number of carbonyl (C=O) groups is 1. The monoisotopic (exact) mass is 389 g/mol. The van der Waals surface area contributed by atoms with Crippen LogP contribution in [-0.4, -0.2) is 30.5 Å². The first-order valence-electron chi connectivity index (χ1n) is 10.6. The van der Waals surface area contributed by atoms with Crippen molar-refractivity contribution in [2.45, 2.75) is 32.6 Å². The number of benzene rings is 1. The predicted octanol–water partition coefficient (Wildman–Crippen LogP) is 4.28. The summed E-state index contributed by atoms with van der Waals surface area (Å²) < 4.78 is 0. The van der Waals surface area contributed by atoms with Crippen LogP contribution in [0.25, 0.3) is 6.08 Å². The number of piperidine rings is 1. The largest absolute Gasteiger partial charge is 0.371 e. The van der Waals surface area contributed by atoms with Gasteiger partial charge in [-0.1, -0.05) is 39.0 Å². The molecule has 1 aromatic heterocycles. The van der Waals surface area contributed by atoms with Gasteiger partial charge in [-0.05, 0) is 65.0 Å². The Labute approximate surface area is 174 Å². The number of hydrogen-bond donors (Lipinski definition) is 1. The summed E-state index contributed by atoms with van der Waals surface area (Å²) in [7, 11) is 0. The van der Waals surface area contributed by atoms with Gasteiger partial charge in [0, 0.05) is 43.8 Å². The van der Waals surface area contributed by atoms with Gasteiger partial charge in [0.25, 0.3) is 0 Å². The average Bonchev–Trinajstić information content (AvgIpc) is 3.15. The van der Waals surface area contributed by atoms with E-state index in [1.54, 1.807) is 24.5 Å². The lowest BCUT2D eigenvalue weighted by Crippen LogP contribution is -2.27. The summed E-state index contributed by atoms with van der Waals surface area (Å²) in [5, 5.41) is 3.02. The van der Waals surface area contributed by atoms with E-state index in [0.717, 1.165) is 49.4 Å². The van der Waals surface area contributed by atoms with Gasteiger partial charge in [-0.25, -0.2) is 0 Å². The minimum absolute atomic E-state index is 0.0275. The van der Waals surface area contributed by atoms with Crippen molar-refractivity contribution >= 4 is 17.7 Å². The van der Waals surface area contributed by atoms with Crippen LogP contribution in [0.5, 0.6) is 0 Å². The minimum atomic E-state index is -0.0275. The van der Waals surface area contributed by atoms with Gasteiger partial charge < -0.3 is 10.2 Å². The van der Waals surface area contributed by atoms with Gasteiger partial charge in [0.2, 0.25) is 5.91 Å². The zero-order valence-corrected chi connectivity index (χ0v) is 17.6. The molecule has 2 fully saturated rings. The Hall–Kier alpha value is -2.62. The van der Waals surface area contributed by atoms with Crippen molar-refractivity contribution in [2.24, 2.45) is 17.8 Å². The number of aromatic nitrogens is 1. The van der Waals surface area contributed by atoms with E-state index in [-0.39, 0.29) is 11.3 Å². The molecule has 4 nitrogen and oxygen atoms in total. The molecule has 0 radical (unpaired) electrons. The quantitative estimate of drug-likeness (QED) is 0.750. The molecule has 4 rings (SSSR count). The molecule has 152 valence electrons. The Morgan fingerprint density at radius 2 is 2.00 bits per heavy atom. The highest BCUT2D eigenvalue weighted by molar-refractivity contribution is 5.91. The van der Waals surface area contributed by atoms with Crippen molar-refractivity contribution in [2.75, 3.05) is 24.5 Å². The van der Waals surface area contributed by atoms with Crippen LogP contribution >= 0.6 is 0 Å². The lowest BCUT2D eigenvalue weighted by Gasteiger charge is -2.25. The maximum absolute atomic E-state index is 12.0. The maximum Gasteiger partial charge on any atom is 0.244 e. The molecule has 29 heavy (non-hydrogen) atoms. The number of amides is 1. The van der Waals surface area contributed by atoms with Gasteiger partial charge in [0.15, 0.2) is 0 Å². The van der Waals surface area contributed by atoms with E-state index in [1.165, 1.54) is 11.3 Å². The number of fused-ring (bicyclic) bond motifs is 1. The van der Waals surface area contributed by atoms with Crippen molar-refractivity contribution in [1.82, 2.24) is 10.3 Å². The van der Waals surface area contributed by atoms with Crippen LogP contribution in [0.2, 0.25) is 0 Å². The van der Waals surface area contributed by atoms with Crippen molar-refractivity contribution in [3.63, 3.8) is 0 Å². The highest BCUT2D eigenvalue weighted by atomic mass is 16.1. The Morgan fingerprint density at radius 1 is 1.21 bits per heavy atom. The molecule has 1 amide bonds. The van der Waals surface area contributed by atoms with Gasteiger partial charge in [0.05, 0.1) is 0 Å². The fraction of sp³-hybridized carbons (Fsp3) is 0.440. The molecule has 1 N–H and O–H groups in total. The Bertz CT molecular complexity index is 872. The van der Waals surface area contributed by atoms with Crippen LogP contribution in [0, 0.1) is 17.8 Å². The number of nitrogens with zero attached hydrogens (tertiary/aromatic N) is 2. The third-order valence-electron chi connectivity index (χ3n) is 6.34. The van der Waals surface area contributed by atoms with Crippen LogP contribution in [0.1, 0.15) is 38.3 Å². The summed E-state index contributed by atoms with van der Waals surface area (Å²) in [5.41, 5.74) is 3.88. The number of anilines is 1. The molecule has 2 heterocycles. The van der Waals surface area contributed by atoms with Crippen LogP contribution in [0.15, 0.2) is 54.9 Å². The van der Waals surface area contributed by atoms with Crippen molar-refractivity contribution in [3.05, 3.63) is 66.0 Å². The Balaban J connectivity index is 1.20. The highest BCUT2D eigenvalue weighted by Gasteiger charge is 2.54. The van der Waals surface area contributed by atoms with Gasteiger partial charge in [0.1, 0.15) is 0 Å². The molecule has 1 aliphatic heterocycles. The van der Waals surface area contributed by atoms with E-state index >= 15 is 0 Å². The molecule has 1 aromatic carbocycles. The predicted molar refractivity (Wildman–Crippen MR) is 119 cm³/mol. The molecule has 3 atom stereocenters. The topological polar surface area (TPSA) is 45.2 Å². The second-order valence-corrected chi connectivity index (χ2v) is 9.40. The molecule has 1 saturated carbocycles. The summed E-state index contributed by atoms with van der Waals surface area (Å²) in [5.74, 6) is 2.31. The summed E-state index contributed by atoms with van der Waals surface area (Å²) >= 11 is 0. The van der Waals surface area contributed by atoms with Crippen molar-refractivity contribution in [1.29, 1.82) is 0 Å². The molecule has 2 aliphatic rings. The molecule has 0 bridgehead atoms. The van der Waals surface area contributed by atoms with Crippen molar-refractivity contribution in [3.8, 4) is 0 Å². The Morgan fingerprint density at radius 3 is 2.69 bits per heavy atom.